The lowest BCUT2D eigenvalue weighted by Crippen LogP contribution is -2.43. The number of nitrogens with one attached hydrogen (secondary N) is 1. The third kappa shape index (κ3) is 4.48. The van der Waals surface area contributed by atoms with Crippen LogP contribution in [0, 0.1) is 0 Å². The maximum atomic E-state index is 13.4. The van der Waals surface area contributed by atoms with Crippen LogP contribution in [0.25, 0.3) is 22.3 Å². The van der Waals surface area contributed by atoms with Crippen LogP contribution in [-0.4, -0.2) is 41.6 Å². The number of rotatable bonds is 4. The van der Waals surface area contributed by atoms with Gasteiger partial charge >= 0.3 is 12.4 Å². The Kier molecular flexibility index (Phi) is 5.83. The molecule has 0 amide bonds. The van der Waals surface area contributed by atoms with Gasteiger partial charge in [0.25, 0.3) is 5.91 Å². The van der Waals surface area contributed by atoms with Gasteiger partial charge < -0.3 is 15.0 Å². The van der Waals surface area contributed by atoms with Crippen molar-refractivity contribution in [3.05, 3.63) is 77.0 Å². The fraction of sp³-hybridized carbons (Fsp3) is 0.259. The molecule has 12 heteroatoms. The lowest BCUT2D eigenvalue weighted by Gasteiger charge is -2.29. The molecular formula is C27H20F6N4O2. The number of benzene rings is 2. The minimum Gasteiger partial charge on any atom is -0.487 e. The van der Waals surface area contributed by atoms with Crippen molar-refractivity contribution < 1.29 is 35.9 Å². The Morgan fingerprint density at radius 1 is 0.923 bits per heavy atom. The Morgan fingerprint density at radius 2 is 1.62 bits per heavy atom. The second-order valence-electron chi connectivity index (χ2n) is 9.37. The molecule has 1 saturated heterocycles. The Morgan fingerprint density at radius 3 is 2.28 bits per heavy atom. The van der Waals surface area contributed by atoms with Crippen molar-refractivity contribution in [1.82, 2.24) is 14.9 Å². The summed E-state index contributed by atoms with van der Waals surface area (Å²) in [6.45, 7) is 2.54. The molecule has 6 nitrogen and oxygen atoms in total. The Hall–Kier alpha value is -4.06. The highest BCUT2D eigenvalue weighted by molar-refractivity contribution is 6.14. The summed E-state index contributed by atoms with van der Waals surface area (Å²) in [5.74, 6) is -0.387. The average molecular weight is 546 g/mol. The summed E-state index contributed by atoms with van der Waals surface area (Å²) in [4.78, 5) is 20.1. The van der Waals surface area contributed by atoms with Gasteiger partial charge in [0.05, 0.1) is 22.3 Å². The molecule has 4 aromatic rings. The average Bonchev–Trinajstić information content (AvgIpc) is 3.48. The first-order valence-electron chi connectivity index (χ1n) is 12.1. The maximum Gasteiger partial charge on any atom is 0.416 e. The number of halogens is 6. The second-order valence-corrected chi connectivity index (χ2v) is 9.37. The van der Waals surface area contributed by atoms with Crippen LogP contribution in [-0.2, 0) is 19.0 Å². The van der Waals surface area contributed by atoms with Gasteiger partial charge in [0.2, 0.25) is 0 Å². The normalized spacial score (nSPS) is 15.5. The molecule has 2 aliphatic heterocycles. The van der Waals surface area contributed by atoms with Gasteiger partial charge in [-0.05, 0) is 54.1 Å². The Bertz CT molecular complexity index is 1570. The minimum atomic E-state index is -4.99. The lowest BCUT2D eigenvalue weighted by molar-refractivity contribution is -0.143. The van der Waals surface area contributed by atoms with Crippen LogP contribution in [0.3, 0.4) is 0 Å². The highest BCUT2D eigenvalue weighted by atomic mass is 19.4. The zero-order chi connectivity index (χ0) is 27.5. The van der Waals surface area contributed by atoms with Crippen LogP contribution in [0.15, 0.2) is 54.7 Å². The van der Waals surface area contributed by atoms with E-state index in [1.807, 2.05) is 12.1 Å². The van der Waals surface area contributed by atoms with Gasteiger partial charge in [-0.25, -0.2) is 4.98 Å². The highest BCUT2D eigenvalue weighted by Crippen LogP contribution is 2.42. The van der Waals surface area contributed by atoms with Crippen molar-refractivity contribution in [3.63, 3.8) is 0 Å². The Balaban J connectivity index is 1.45. The van der Waals surface area contributed by atoms with Crippen molar-refractivity contribution in [2.24, 2.45) is 0 Å². The third-order valence-corrected chi connectivity index (χ3v) is 6.86. The molecule has 0 atom stereocenters. The van der Waals surface area contributed by atoms with Crippen LogP contribution in [0.4, 0.5) is 32.0 Å². The number of alkyl halides is 6. The first kappa shape index (κ1) is 25.2. The molecule has 2 aromatic heterocycles. The molecule has 1 fully saturated rings. The van der Waals surface area contributed by atoms with Crippen molar-refractivity contribution in [2.45, 2.75) is 19.0 Å². The molecule has 1 N–H and O–H groups in total. The molecule has 0 radical (unpaired) electrons. The molecule has 0 spiro atoms. The predicted octanol–water partition coefficient (Wildman–Crippen LogP) is 5.73. The van der Waals surface area contributed by atoms with Gasteiger partial charge in [0.15, 0.2) is 0 Å². The molecule has 0 saturated carbocycles. The van der Waals surface area contributed by atoms with Gasteiger partial charge in [0, 0.05) is 43.4 Å². The van der Waals surface area contributed by atoms with Crippen LogP contribution in [0.5, 0.6) is 5.75 Å². The summed E-state index contributed by atoms with van der Waals surface area (Å²) in [5, 5.41) is 3.70. The summed E-state index contributed by atoms with van der Waals surface area (Å²) in [7, 11) is 0. The number of ether oxygens (including phenoxy) is 1. The molecule has 6 rings (SSSR count). The summed E-state index contributed by atoms with van der Waals surface area (Å²) >= 11 is 0. The quantitative estimate of drug-likeness (QED) is 0.292. The maximum absolute atomic E-state index is 13.4. The number of nitrogens with zero attached hydrogens (tertiary/aromatic N) is 3. The van der Waals surface area contributed by atoms with Crippen molar-refractivity contribution in [3.8, 4) is 17.1 Å². The number of carbonyl (C=O) groups excluding carboxylic acids is 1. The van der Waals surface area contributed by atoms with Gasteiger partial charge in [0.1, 0.15) is 23.6 Å². The molecule has 2 aliphatic rings. The molecule has 0 unspecified atom stereocenters. The summed E-state index contributed by atoms with van der Waals surface area (Å²) in [6.07, 6.45) is -8.41. The minimum absolute atomic E-state index is 0.0570. The second kappa shape index (κ2) is 9.01. The molecule has 0 aliphatic carbocycles. The van der Waals surface area contributed by atoms with Crippen LogP contribution >= 0.6 is 0 Å². The summed E-state index contributed by atoms with van der Waals surface area (Å²) in [5.41, 5.74) is -0.856. The topological polar surface area (TPSA) is 59.4 Å². The summed E-state index contributed by atoms with van der Waals surface area (Å²) < 4.78 is 87.5. The zero-order valence-corrected chi connectivity index (χ0v) is 20.2. The van der Waals surface area contributed by atoms with E-state index in [0.29, 0.717) is 34.4 Å². The van der Waals surface area contributed by atoms with E-state index in [4.69, 9.17) is 9.72 Å². The fourth-order valence-corrected chi connectivity index (χ4v) is 5.01. The van der Waals surface area contributed by atoms with Crippen LogP contribution in [0.2, 0.25) is 0 Å². The van der Waals surface area contributed by atoms with Crippen molar-refractivity contribution >= 4 is 22.5 Å². The number of carbonyl (C=O) groups is 1. The lowest BCUT2D eigenvalue weighted by atomic mass is 10.0. The third-order valence-electron chi connectivity index (χ3n) is 6.86. The van der Waals surface area contributed by atoms with E-state index in [2.05, 4.69) is 10.2 Å². The van der Waals surface area contributed by atoms with Gasteiger partial charge in [-0.15, -0.1) is 0 Å². The van der Waals surface area contributed by atoms with Crippen LogP contribution < -0.4 is 15.0 Å². The molecular weight excluding hydrogens is 526 g/mol. The first-order valence-corrected chi connectivity index (χ1v) is 12.1. The standard InChI is InChI=1S/C27H20F6N4O2/c28-26(29,30)16-10-15(11-17(12-16)27(31,32)33)14-39-24-19-4-3-18(36-8-5-34-6-9-36)13-20(19)35-23-21-2-1-7-37(21)25(38)22(23)24/h1-4,7,10-13,34H,5-6,8-9,14H2. The number of hydrogen-bond donors (Lipinski definition) is 1. The number of anilines is 1. The van der Waals surface area contributed by atoms with E-state index < -0.39 is 36.0 Å². The summed E-state index contributed by atoms with van der Waals surface area (Å²) in [6, 6.07) is 10.1. The van der Waals surface area contributed by atoms with Gasteiger partial charge in [-0.1, -0.05) is 0 Å². The zero-order valence-electron chi connectivity index (χ0n) is 20.2. The number of hydrogen-bond acceptors (Lipinski definition) is 5. The van der Waals surface area contributed by atoms with Crippen molar-refractivity contribution in [2.75, 3.05) is 31.1 Å². The van der Waals surface area contributed by atoms with E-state index in [1.165, 1.54) is 4.57 Å². The first-order chi connectivity index (χ1) is 18.5. The molecule has 2 aromatic carbocycles. The molecule has 0 bridgehead atoms. The van der Waals surface area contributed by atoms with E-state index in [0.717, 1.165) is 31.9 Å². The van der Waals surface area contributed by atoms with E-state index in [9.17, 15) is 31.1 Å². The smallest absolute Gasteiger partial charge is 0.416 e. The SMILES string of the molecule is O=C1c2c(nc3cc(N4CCNCC4)ccc3c2OCc2cc(C(F)(F)F)cc(C(F)(F)F)c2)-c2cccn21. The molecule has 202 valence electrons. The number of aromatic nitrogens is 2. The van der Waals surface area contributed by atoms with Crippen LogP contribution in [0.1, 0.15) is 27.0 Å². The molecule has 39 heavy (non-hydrogen) atoms. The number of piperazine rings is 1. The van der Waals surface area contributed by atoms with E-state index in [-0.39, 0.29) is 22.9 Å². The Labute approximate surface area is 217 Å². The van der Waals surface area contributed by atoms with Gasteiger partial charge in [-0.3, -0.25) is 9.36 Å². The van der Waals surface area contributed by atoms with E-state index >= 15 is 0 Å². The molecule has 4 heterocycles. The predicted molar refractivity (Wildman–Crippen MR) is 131 cm³/mol. The van der Waals surface area contributed by atoms with E-state index in [1.54, 1.807) is 24.4 Å². The van der Waals surface area contributed by atoms with Gasteiger partial charge in [-0.2, -0.15) is 26.3 Å². The monoisotopic (exact) mass is 546 g/mol. The van der Waals surface area contributed by atoms with Crippen molar-refractivity contribution in [1.29, 1.82) is 0 Å². The highest BCUT2D eigenvalue weighted by Gasteiger charge is 2.37. The fourth-order valence-electron chi connectivity index (χ4n) is 5.01. The number of pyridine rings is 1. The number of fused-ring (bicyclic) bond motifs is 4. The largest absolute Gasteiger partial charge is 0.487 e.